The maximum atomic E-state index is 13.2. The average molecular weight is 400 g/mol. The summed E-state index contributed by atoms with van der Waals surface area (Å²) in [5.41, 5.74) is 2.94. The quantitative estimate of drug-likeness (QED) is 0.734. The number of carbonyl (C=O) groups excluding carboxylic acids is 2. The van der Waals surface area contributed by atoms with E-state index >= 15 is 0 Å². The van der Waals surface area contributed by atoms with Crippen molar-refractivity contribution >= 4 is 11.8 Å². The standard InChI is InChI=1S/C23H29FN2O3/c1-15(2)25-23(28)18(5)26(13-19-7-9-20(24)10-8-19)22(27)14-29-21-11-6-16(3)17(4)12-21/h6-12,15,18H,13-14H2,1-5H3,(H,25,28)/t18-/m1/s1. The molecule has 0 aliphatic rings. The zero-order chi connectivity index (χ0) is 21.6. The maximum absolute atomic E-state index is 13.2. The molecule has 5 nitrogen and oxygen atoms in total. The highest BCUT2D eigenvalue weighted by molar-refractivity contribution is 5.88. The molecule has 0 fully saturated rings. The summed E-state index contributed by atoms with van der Waals surface area (Å²) in [5.74, 6) is -0.321. The number of hydrogen-bond acceptors (Lipinski definition) is 3. The molecule has 0 aliphatic heterocycles. The lowest BCUT2D eigenvalue weighted by molar-refractivity contribution is -0.142. The van der Waals surface area contributed by atoms with Crippen LogP contribution in [0.1, 0.15) is 37.5 Å². The van der Waals surface area contributed by atoms with Gasteiger partial charge in [-0.15, -0.1) is 0 Å². The summed E-state index contributed by atoms with van der Waals surface area (Å²) in [6.45, 7) is 9.37. The Morgan fingerprint density at radius 1 is 1.03 bits per heavy atom. The lowest BCUT2D eigenvalue weighted by Gasteiger charge is -2.29. The van der Waals surface area contributed by atoms with Gasteiger partial charge < -0.3 is 15.0 Å². The molecular formula is C23H29FN2O3. The Kier molecular flexibility index (Phi) is 7.76. The molecular weight excluding hydrogens is 371 g/mol. The fourth-order valence-electron chi connectivity index (χ4n) is 2.81. The molecule has 0 heterocycles. The number of carbonyl (C=O) groups is 2. The minimum absolute atomic E-state index is 0.0421. The molecule has 2 aromatic carbocycles. The SMILES string of the molecule is Cc1ccc(OCC(=O)N(Cc2ccc(F)cc2)[C@H](C)C(=O)NC(C)C)cc1C. The Bertz CT molecular complexity index is 850. The summed E-state index contributed by atoms with van der Waals surface area (Å²) in [6, 6.07) is 10.8. The van der Waals surface area contributed by atoms with Crippen molar-refractivity contribution in [2.45, 2.75) is 53.2 Å². The van der Waals surface area contributed by atoms with Gasteiger partial charge >= 0.3 is 0 Å². The smallest absolute Gasteiger partial charge is 0.261 e. The Labute approximate surface area is 171 Å². The molecule has 2 aromatic rings. The summed E-state index contributed by atoms with van der Waals surface area (Å²) in [6.07, 6.45) is 0. The van der Waals surface area contributed by atoms with E-state index in [1.165, 1.54) is 17.0 Å². The molecule has 2 rings (SSSR count). The Morgan fingerprint density at radius 3 is 2.28 bits per heavy atom. The molecule has 6 heteroatoms. The Morgan fingerprint density at radius 2 is 1.69 bits per heavy atom. The monoisotopic (exact) mass is 400 g/mol. The van der Waals surface area contributed by atoms with Crippen LogP contribution in [0.25, 0.3) is 0 Å². The van der Waals surface area contributed by atoms with E-state index in [-0.39, 0.29) is 36.8 Å². The third-order valence-electron chi connectivity index (χ3n) is 4.71. The molecule has 1 N–H and O–H groups in total. The molecule has 156 valence electrons. The predicted octanol–water partition coefficient (Wildman–Crippen LogP) is 3.76. The van der Waals surface area contributed by atoms with Crippen molar-refractivity contribution in [3.63, 3.8) is 0 Å². The minimum Gasteiger partial charge on any atom is -0.484 e. The van der Waals surface area contributed by atoms with E-state index in [9.17, 15) is 14.0 Å². The summed E-state index contributed by atoms with van der Waals surface area (Å²) in [7, 11) is 0. The molecule has 0 saturated carbocycles. The van der Waals surface area contributed by atoms with Gasteiger partial charge in [0.05, 0.1) is 0 Å². The van der Waals surface area contributed by atoms with Crippen LogP contribution < -0.4 is 10.1 Å². The van der Waals surface area contributed by atoms with Crippen LogP contribution in [0.3, 0.4) is 0 Å². The van der Waals surface area contributed by atoms with E-state index in [2.05, 4.69) is 5.32 Å². The Balaban J connectivity index is 2.15. The zero-order valence-corrected chi connectivity index (χ0v) is 17.7. The van der Waals surface area contributed by atoms with Gasteiger partial charge in [0, 0.05) is 12.6 Å². The van der Waals surface area contributed by atoms with Crippen molar-refractivity contribution in [2.75, 3.05) is 6.61 Å². The zero-order valence-electron chi connectivity index (χ0n) is 17.7. The van der Waals surface area contributed by atoms with Gasteiger partial charge in [0.2, 0.25) is 5.91 Å². The number of aryl methyl sites for hydroxylation is 2. The van der Waals surface area contributed by atoms with Gasteiger partial charge in [-0.25, -0.2) is 4.39 Å². The molecule has 0 aromatic heterocycles. The molecule has 0 radical (unpaired) electrons. The number of hydrogen-bond donors (Lipinski definition) is 1. The summed E-state index contributed by atoms with van der Waals surface area (Å²) in [4.78, 5) is 26.9. The van der Waals surface area contributed by atoms with Crippen molar-refractivity contribution in [3.05, 3.63) is 65.0 Å². The number of amides is 2. The first-order valence-corrected chi connectivity index (χ1v) is 9.71. The lowest BCUT2D eigenvalue weighted by Crippen LogP contribution is -2.50. The number of nitrogens with one attached hydrogen (secondary N) is 1. The molecule has 0 saturated heterocycles. The van der Waals surface area contributed by atoms with Gasteiger partial charge in [0.1, 0.15) is 17.6 Å². The second-order valence-electron chi connectivity index (χ2n) is 7.52. The molecule has 29 heavy (non-hydrogen) atoms. The summed E-state index contributed by atoms with van der Waals surface area (Å²) in [5, 5.41) is 2.83. The van der Waals surface area contributed by atoms with Gasteiger partial charge in [0.15, 0.2) is 6.61 Å². The second-order valence-corrected chi connectivity index (χ2v) is 7.52. The van der Waals surface area contributed by atoms with Gasteiger partial charge in [-0.2, -0.15) is 0 Å². The number of halogens is 1. The Hall–Kier alpha value is -2.89. The van der Waals surface area contributed by atoms with Crippen molar-refractivity contribution in [1.29, 1.82) is 0 Å². The molecule has 2 amide bonds. The largest absolute Gasteiger partial charge is 0.484 e. The number of ether oxygens (including phenoxy) is 1. The van der Waals surface area contributed by atoms with Crippen LogP contribution in [0.5, 0.6) is 5.75 Å². The fourth-order valence-corrected chi connectivity index (χ4v) is 2.81. The summed E-state index contributed by atoms with van der Waals surface area (Å²) < 4.78 is 18.9. The van der Waals surface area contributed by atoms with Crippen LogP contribution in [-0.4, -0.2) is 35.4 Å². The molecule has 1 atom stereocenters. The number of nitrogens with zero attached hydrogens (tertiary/aromatic N) is 1. The van der Waals surface area contributed by atoms with Gasteiger partial charge in [-0.05, 0) is 75.6 Å². The lowest BCUT2D eigenvalue weighted by atomic mass is 10.1. The first-order valence-electron chi connectivity index (χ1n) is 9.71. The van der Waals surface area contributed by atoms with Crippen LogP contribution in [0.15, 0.2) is 42.5 Å². The van der Waals surface area contributed by atoms with Crippen LogP contribution in [0.2, 0.25) is 0 Å². The highest BCUT2D eigenvalue weighted by atomic mass is 19.1. The number of rotatable bonds is 8. The van der Waals surface area contributed by atoms with Gasteiger partial charge in [-0.1, -0.05) is 18.2 Å². The predicted molar refractivity (Wildman–Crippen MR) is 111 cm³/mol. The van der Waals surface area contributed by atoms with E-state index in [4.69, 9.17) is 4.74 Å². The van der Waals surface area contributed by atoms with E-state index in [0.717, 1.165) is 16.7 Å². The van der Waals surface area contributed by atoms with E-state index in [0.29, 0.717) is 5.75 Å². The minimum atomic E-state index is -0.696. The van der Waals surface area contributed by atoms with Crippen molar-refractivity contribution < 1.29 is 18.7 Å². The van der Waals surface area contributed by atoms with E-state index in [1.54, 1.807) is 19.1 Å². The van der Waals surface area contributed by atoms with Crippen LogP contribution in [0, 0.1) is 19.7 Å². The fraction of sp³-hybridized carbons (Fsp3) is 0.391. The highest BCUT2D eigenvalue weighted by Crippen LogP contribution is 2.17. The molecule has 0 bridgehead atoms. The third kappa shape index (κ3) is 6.59. The first kappa shape index (κ1) is 22.4. The highest BCUT2D eigenvalue weighted by Gasteiger charge is 2.26. The number of benzene rings is 2. The first-order chi connectivity index (χ1) is 13.7. The van der Waals surface area contributed by atoms with Gasteiger partial charge in [0.25, 0.3) is 5.91 Å². The van der Waals surface area contributed by atoms with Crippen molar-refractivity contribution in [2.24, 2.45) is 0 Å². The maximum Gasteiger partial charge on any atom is 0.261 e. The van der Waals surface area contributed by atoms with Crippen LogP contribution in [0.4, 0.5) is 4.39 Å². The average Bonchev–Trinajstić information content (AvgIpc) is 2.67. The molecule has 0 aliphatic carbocycles. The molecule has 0 spiro atoms. The van der Waals surface area contributed by atoms with Crippen LogP contribution >= 0.6 is 0 Å². The van der Waals surface area contributed by atoms with Crippen molar-refractivity contribution in [3.8, 4) is 5.75 Å². The molecule has 0 unspecified atom stereocenters. The summed E-state index contributed by atoms with van der Waals surface area (Å²) >= 11 is 0. The van der Waals surface area contributed by atoms with Crippen LogP contribution in [-0.2, 0) is 16.1 Å². The third-order valence-corrected chi connectivity index (χ3v) is 4.71. The van der Waals surface area contributed by atoms with Gasteiger partial charge in [-0.3, -0.25) is 9.59 Å². The second kappa shape index (κ2) is 10.0. The topological polar surface area (TPSA) is 58.6 Å². The normalized spacial score (nSPS) is 11.8. The van der Waals surface area contributed by atoms with E-state index < -0.39 is 6.04 Å². The van der Waals surface area contributed by atoms with E-state index in [1.807, 2.05) is 45.9 Å². The van der Waals surface area contributed by atoms with Crippen molar-refractivity contribution in [1.82, 2.24) is 10.2 Å².